The Bertz CT molecular complexity index is 468. The predicted octanol–water partition coefficient (Wildman–Crippen LogP) is 1.82. The molecule has 2 heterocycles. The molecule has 4 heteroatoms. The van der Waals surface area contributed by atoms with Crippen molar-refractivity contribution < 1.29 is 4.79 Å². The lowest BCUT2D eigenvalue weighted by molar-refractivity contribution is -0.131. The number of anilines is 1. The van der Waals surface area contributed by atoms with E-state index in [9.17, 15) is 4.79 Å². The lowest BCUT2D eigenvalue weighted by Crippen LogP contribution is -2.55. The van der Waals surface area contributed by atoms with Crippen LogP contribution < -0.4 is 4.90 Å². The van der Waals surface area contributed by atoms with Gasteiger partial charge in [0.2, 0.25) is 5.91 Å². The number of hydrogen-bond donors (Lipinski definition) is 0. The summed E-state index contributed by atoms with van der Waals surface area (Å²) in [4.78, 5) is 18.6. The SMILES string of the molecule is CC(=O)N1CCCC(N2CCN(c3ccccc3)CC2)C1. The first kappa shape index (κ1) is 14.4. The summed E-state index contributed by atoms with van der Waals surface area (Å²) in [5.41, 5.74) is 1.33. The lowest BCUT2D eigenvalue weighted by Gasteiger charge is -2.43. The Kier molecular flexibility index (Phi) is 4.44. The van der Waals surface area contributed by atoms with E-state index in [1.165, 1.54) is 12.1 Å². The molecule has 0 spiro atoms. The maximum Gasteiger partial charge on any atom is 0.219 e. The fourth-order valence-electron chi connectivity index (χ4n) is 3.52. The van der Waals surface area contributed by atoms with Crippen LogP contribution >= 0.6 is 0 Å². The van der Waals surface area contributed by atoms with E-state index in [1.807, 2.05) is 4.90 Å². The van der Waals surface area contributed by atoms with Crippen LogP contribution in [0.4, 0.5) is 5.69 Å². The molecule has 1 unspecified atom stereocenters. The molecule has 0 aliphatic carbocycles. The molecule has 2 fully saturated rings. The van der Waals surface area contributed by atoms with Crippen LogP contribution in [0, 0.1) is 0 Å². The quantitative estimate of drug-likeness (QED) is 0.830. The van der Waals surface area contributed by atoms with E-state index in [-0.39, 0.29) is 5.91 Å². The monoisotopic (exact) mass is 287 g/mol. The first-order chi connectivity index (χ1) is 10.2. The highest BCUT2D eigenvalue weighted by Crippen LogP contribution is 2.20. The molecular formula is C17H25N3O. The second-order valence-electron chi connectivity index (χ2n) is 6.12. The number of rotatable bonds is 2. The Morgan fingerprint density at radius 3 is 2.43 bits per heavy atom. The minimum Gasteiger partial charge on any atom is -0.369 e. The average Bonchev–Trinajstić information content (AvgIpc) is 2.56. The Morgan fingerprint density at radius 1 is 1.05 bits per heavy atom. The van der Waals surface area contributed by atoms with Gasteiger partial charge < -0.3 is 9.80 Å². The molecule has 2 saturated heterocycles. The van der Waals surface area contributed by atoms with Crippen molar-refractivity contribution in [2.24, 2.45) is 0 Å². The van der Waals surface area contributed by atoms with Crippen molar-refractivity contribution in [3.05, 3.63) is 30.3 Å². The van der Waals surface area contributed by atoms with Crippen molar-refractivity contribution in [1.29, 1.82) is 0 Å². The summed E-state index contributed by atoms with van der Waals surface area (Å²) in [5, 5.41) is 0. The van der Waals surface area contributed by atoms with Crippen molar-refractivity contribution in [2.45, 2.75) is 25.8 Å². The number of carbonyl (C=O) groups is 1. The van der Waals surface area contributed by atoms with Gasteiger partial charge in [-0.05, 0) is 25.0 Å². The lowest BCUT2D eigenvalue weighted by atomic mass is 10.0. The van der Waals surface area contributed by atoms with Crippen LogP contribution in [0.1, 0.15) is 19.8 Å². The van der Waals surface area contributed by atoms with Crippen LogP contribution in [0.2, 0.25) is 0 Å². The first-order valence-corrected chi connectivity index (χ1v) is 8.03. The van der Waals surface area contributed by atoms with Gasteiger partial charge in [0.15, 0.2) is 0 Å². The zero-order valence-electron chi connectivity index (χ0n) is 12.9. The van der Waals surface area contributed by atoms with Crippen LogP contribution in [0.15, 0.2) is 30.3 Å². The summed E-state index contributed by atoms with van der Waals surface area (Å²) in [7, 11) is 0. The normalized spacial score (nSPS) is 24.1. The van der Waals surface area contributed by atoms with Gasteiger partial charge in [0.1, 0.15) is 0 Å². The van der Waals surface area contributed by atoms with E-state index in [2.05, 4.69) is 40.1 Å². The molecule has 1 aromatic carbocycles. The van der Waals surface area contributed by atoms with Crippen molar-refractivity contribution in [1.82, 2.24) is 9.80 Å². The fourth-order valence-corrected chi connectivity index (χ4v) is 3.52. The molecule has 0 radical (unpaired) electrons. The summed E-state index contributed by atoms with van der Waals surface area (Å²) in [5.74, 6) is 0.225. The third kappa shape index (κ3) is 3.38. The second-order valence-corrected chi connectivity index (χ2v) is 6.12. The van der Waals surface area contributed by atoms with Gasteiger partial charge in [-0.2, -0.15) is 0 Å². The largest absolute Gasteiger partial charge is 0.369 e. The van der Waals surface area contributed by atoms with Crippen LogP contribution in [0.5, 0.6) is 0 Å². The highest BCUT2D eigenvalue weighted by molar-refractivity contribution is 5.73. The van der Waals surface area contributed by atoms with Gasteiger partial charge in [-0.1, -0.05) is 18.2 Å². The smallest absolute Gasteiger partial charge is 0.219 e. The minimum atomic E-state index is 0.225. The summed E-state index contributed by atoms with van der Waals surface area (Å²) >= 11 is 0. The molecular weight excluding hydrogens is 262 g/mol. The standard InChI is InChI=1S/C17H25N3O/c1-15(21)20-9-5-8-17(14-20)19-12-10-18(11-13-19)16-6-3-2-4-7-16/h2-4,6-7,17H,5,8-14H2,1H3. The molecule has 21 heavy (non-hydrogen) atoms. The van der Waals surface area contributed by atoms with Gasteiger partial charge in [-0.3, -0.25) is 9.69 Å². The number of piperidine rings is 1. The summed E-state index contributed by atoms with van der Waals surface area (Å²) in [6, 6.07) is 11.2. The van der Waals surface area contributed by atoms with E-state index in [1.54, 1.807) is 6.92 Å². The molecule has 2 aliphatic rings. The fraction of sp³-hybridized carbons (Fsp3) is 0.588. The molecule has 0 aromatic heterocycles. The number of amides is 1. The molecule has 4 nitrogen and oxygen atoms in total. The molecule has 3 rings (SSSR count). The summed E-state index contributed by atoms with van der Waals surface area (Å²) in [6.07, 6.45) is 2.37. The third-order valence-electron chi connectivity index (χ3n) is 4.79. The molecule has 0 saturated carbocycles. The van der Waals surface area contributed by atoms with Crippen LogP contribution in [0.25, 0.3) is 0 Å². The van der Waals surface area contributed by atoms with Gasteiger partial charge in [-0.25, -0.2) is 0 Å². The van der Waals surface area contributed by atoms with Gasteiger partial charge >= 0.3 is 0 Å². The molecule has 1 atom stereocenters. The molecule has 0 bridgehead atoms. The zero-order chi connectivity index (χ0) is 14.7. The molecule has 0 N–H and O–H groups in total. The molecule has 2 aliphatic heterocycles. The summed E-state index contributed by atoms with van der Waals surface area (Å²) in [6.45, 7) is 7.92. The number of benzene rings is 1. The van der Waals surface area contributed by atoms with E-state index in [0.29, 0.717) is 6.04 Å². The van der Waals surface area contributed by atoms with E-state index in [4.69, 9.17) is 0 Å². The number of carbonyl (C=O) groups excluding carboxylic acids is 1. The van der Waals surface area contributed by atoms with E-state index >= 15 is 0 Å². The van der Waals surface area contributed by atoms with Gasteiger partial charge in [0, 0.05) is 57.9 Å². The third-order valence-corrected chi connectivity index (χ3v) is 4.79. The average molecular weight is 287 g/mol. The molecule has 1 aromatic rings. The Labute approximate surface area is 127 Å². The number of hydrogen-bond acceptors (Lipinski definition) is 3. The number of piperazine rings is 1. The van der Waals surface area contributed by atoms with Gasteiger partial charge in [-0.15, -0.1) is 0 Å². The maximum atomic E-state index is 11.6. The van der Waals surface area contributed by atoms with Crippen molar-refractivity contribution >= 4 is 11.6 Å². The molecule has 114 valence electrons. The summed E-state index contributed by atoms with van der Waals surface area (Å²) < 4.78 is 0. The number of likely N-dealkylation sites (tertiary alicyclic amines) is 1. The van der Waals surface area contributed by atoms with Gasteiger partial charge in [0.25, 0.3) is 0 Å². The molecule has 1 amide bonds. The van der Waals surface area contributed by atoms with Crippen LogP contribution in [-0.4, -0.2) is 61.0 Å². The minimum absolute atomic E-state index is 0.225. The second kappa shape index (κ2) is 6.48. The Hall–Kier alpha value is -1.55. The number of para-hydroxylation sites is 1. The van der Waals surface area contributed by atoms with Crippen molar-refractivity contribution in [3.63, 3.8) is 0 Å². The van der Waals surface area contributed by atoms with E-state index < -0.39 is 0 Å². The highest BCUT2D eigenvalue weighted by atomic mass is 16.2. The van der Waals surface area contributed by atoms with E-state index in [0.717, 1.165) is 45.7 Å². The Balaban J connectivity index is 1.55. The maximum absolute atomic E-state index is 11.6. The Morgan fingerprint density at radius 2 is 1.76 bits per heavy atom. The van der Waals surface area contributed by atoms with Crippen LogP contribution in [0.3, 0.4) is 0 Å². The van der Waals surface area contributed by atoms with Crippen molar-refractivity contribution in [2.75, 3.05) is 44.2 Å². The number of nitrogens with zero attached hydrogens (tertiary/aromatic N) is 3. The highest BCUT2D eigenvalue weighted by Gasteiger charge is 2.28. The van der Waals surface area contributed by atoms with Crippen LogP contribution in [-0.2, 0) is 4.79 Å². The van der Waals surface area contributed by atoms with Gasteiger partial charge in [0.05, 0.1) is 0 Å². The zero-order valence-corrected chi connectivity index (χ0v) is 12.9. The van der Waals surface area contributed by atoms with Crippen molar-refractivity contribution in [3.8, 4) is 0 Å². The predicted molar refractivity (Wildman–Crippen MR) is 85.5 cm³/mol. The first-order valence-electron chi connectivity index (χ1n) is 8.03. The topological polar surface area (TPSA) is 26.8 Å².